The molecule has 2 atom stereocenters. The minimum Gasteiger partial charge on any atom is -0.465 e. The molecule has 8 heteroatoms. The number of hydrogen-bond acceptors (Lipinski definition) is 7. The van der Waals surface area contributed by atoms with Gasteiger partial charge < -0.3 is 24.9 Å². The summed E-state index contributed by atoms with van der Waals surface area (Å²) in [4.78, 5) is 47.7. The van der Waals surface area contributed by atoms with Crippen LogP contribution < -0.4 is 10.6 Å². The van der Waals surface area contributed by atoms with Crippen LogP contribution in [0.4, 0.5) is 0 Å². The maximum atomic E-state index is 12.5. The lowest BCUT2D eigenvalue weighted by Crippen LogP contribution is -2.42. The van der Waals surface area contributed by atoms with Gasteiger partial charge in [0.2, 0.25) is 5.91 Å². The molecule has 2 N–H and O–H groups in total. The third-order valence-corrected chi connectivity index (χ3v) is 5.38. The highest BCUT2D eigenvalue weighted by Crippen LogP contribution is 2.10. The Hall–Kier alpha value is -1.96. The normalized spacial score (nSPS) is 12.9. The van der Waals surface area contributed by atoms with E-state index in [0.717, 1.165) is 32.1 Å². The molecule has 0 aliphatic heterocycles. The van der Waals surface area contributed by atoms with Crippen molar-refractivity contribution in [1.82, 2.24) is 10.6 Å². The number of rotatable bonds is 20. The molecule has 0 rings (SSSR count). The van der Waals surface area contributed by atoms with E-state index in [4.69, 9.17) is 9.47 Å². The van der Waals surface area contributed by atoms with Crippen LogP contribution in [-0.4, -0.2) is 56.0 Å². The Balaban J connectivity index is 4.11. The molecule has 8 nitrogen and oxygen atoms in total. The first-order valence-corrected chi connectivity index (χ1v) is 12.9. The number of Topliss-reactive ketones (excluding diaryl/α,β-unsaturated/α-hetero) is 1. The van der Waals surface area contributed by atoms with Crippen LogP contribution >= 0.6 is 0 Å². The number of esters is 2. The van der Waals surface area contributed by atoms with E-state index in [9.17, 15) is 19.2 Å². The molecule has 2 unspecified atom stereocenters. The maximum Gasteiger partial charge on any atom is 0.328 e. The number of nitrogens with one attached hydrogen (secondary N) is 2. The lowest BCUT2D eigenvalue weighted by molar-refractivity contribution is -0.148. The van der Waals surface area contributed by atoms with Gasteiger partial charge in [-0.2, -0.15) is 0 Å². The molecule has 1 amide bonds. The summed E-state index contributed by atoms with van der Waals surface area (Å²) in [5.41, 5.74) is 0. The average molecular weight is 485 g/mol. The van der Waals surface area contributed by atoms with Crippen LogP contribution in [0.5, 0.6) is 0 Å². The smallest absolute Gasteiger partial charge is 0.328 e. The predicted octanol–water partition coefficient (Wildman–Crippen LogP) is 3.95. The summed E-state index contributed by atoms with van der Waals surface area (Å²) in [5.74, 6) is -0.0215. The van der Waals surface area contributed by atoms with Gasteiger partial charge in [-0.3, -0.25) is 9.59 Å². The summed E-state index contributed by atoms with van der Waals surface area (Å²) in [5, 5.41) is 5.79. The quantitative estimate of drug-likeness (QED) is 0.199. The summed E-state index contributed by atoms with van der Waals surface area (Å²) < 4.78 is 10.7. The van der Waals surface area contributed by atoms with Crippen molar-refractivity contribution in [2.24, 2.45) is 11.8 Å². The minimum absolute atomic E-state index is 0.117. The molecule has 0 radical (unpaired) electrons. The van der Waals surface area contributed by atoms with E-state index < -0.39 is 12.0 Å². The van der Waals surface area contributed by atoms with Crippen molar-refractivity contribution >= 4 is 23.6 Å². The van der Waals surface area contributed by atoms with Gasteiger partial charge in [0.05, 0.1) is 13.2 Å². The van der Waals surface area contributed by atoms with Crippen molar-refractivity contribution in [3.63, 3.8) is 0 Å². The number of hydrogen-bond donors (Lipinski definition) is 2. The SMILES string of the molecule is CNC(CC(C)C)C(=O)OCCCCCCOC(=O)C(CC(C)C)NC(=O)CCCCC(C)=O. The Morgan fingerprint density at radius 1 is 0.676 bits per heavy atom. The van der Waals surface area contributed by atoms with Crippen molar-refractivity contribution < 1.29 is 28.7 Å². The Kier molecular flexibility index (Phi) is 18.2. The van der Waals surface area contributed by atoms with Crippen LogP contribution in [0.1, 0.15) is 98.8 Å². The molecule has 0 fully saturated rings. The molecule has 0 aromatic rings. The van der Waals surface area contributed by atoms with E-state index in [1.54, 1.807) is 7.05 Å². The van der Waals surface area contributed by atoms with Gasteiger partial charge in [-0.05, 0) is 77.2 Å². The molecule has 0 aliphatic rings. The van der Waals surface area contributed by atoms with Crippen molar-refractivity contribution in [3.8, 4) is 0 Å². The van der Waals surface area contributed by atoms with Crippen LogP contribution in [-0.2, 0) is 28.7 Å². The Labute approximate surface area is 206 Å². The molecule has 0 aliphatic carbocycles. The van der Waals surface area contributed by atoms with Gasteiger partial charge in [0, 0.05) is 12.8 Å². The van der Waals surface area contributed by atoms with E-state index in [0.29, 0.717) is 51.2 Å². The van der Waals surface area contributed by atoms with Crippen molar-refractivity contribution in [3.05, 3.63) is 0 Å². The highest BCUT2D eigenvalue weighted by molar-refractivity contribution is 5.84. The topological polar surface area (TPSA) is 111 Å². The molecular formula is C26H48N2O6. The van der Waals surface area contributed by atoms with E-state index >= 15 is 0 Å². The monoisotopic (exact) mass is 484 g/mol. The van der Waals surface area contributed by atoms with E-state index in [-0.39, 0.29) is 29.6 Å². The van der Waals surface area contributed by atoms with Gasteiger partial charge in [-0.1, -0.05) is 27.7 Å². The van der Waals surface area contributed by atoms with E-state index in [1.165, 1.54) is 6.92 Å². The summed E-state index contributed by atoms with van der Waals surface area (Å²) in [6, 6.07) is -0.912. The lowest BCUT2D eigenvalue weighted by atomic mass is 10.0. The van der Waals surface area contributed by atoms with Gasteiger partial charge >= 0.3 is 11.9 Å². The number of ketones is 1. The second-order valence-corrected chi connectivity index (χ2v) is 9.88. The predicted molar refractivity (Wildman–Crippen MR) is 133 cm³/mol. The molecule has 198 valence electrons. The first-order chi connectivity index (χ1) is 16.1. The number of unbranched alkanes of at least 4 members (excludes halogenated alkanes) is 4. The standard InChI is InChI=1S/C26H48N2O6/c1-19(2)17-22(27-6)25(31)33-15-11-7-8-12-16-34-26(32)23(18-20(3)4)28-24(30)14-10-9-13-21(5)29/h19-20,22-23,27H,7-18H2,1-6H3,(H,28,30). The second-order valence-electron chi connectivity index (χ2n) is 9.88. The Morgan fingerprint density at radius 2 is 1.15 bits per heavy atom. The Bertz CT molecular complexity index is 606. The third kappa shape index (κ3) is 17.5. The van der Waals surface area contributed by atoms with Gasteiger partial charge in [-0.15, -0.1) is 0 Å². The van der Waals surface area contributed by atoms with Gasteiger partial charge in [-0.25, -0.2) is 4.79 Å². The number of likely N-dealkylation sites (N-methyl/N-ethyl adjacent to an activating group) is 1. The molecule has 0 spiro atoms. The number of amides is 1. The van der Waals surface area contributed by atoms with Crippen molar-refractivity contribution in [1.29, 1.82) is 0 Å². The molecule has 0 aromatic carbocycles. The van der Waals surface area contributed by atoms with Gasteiger partial charge in [0.25, 0.3) is 0 Å². The molecule has 0 saturated carbocycles. The molecule has 0 saturated heterocycles. The fourth-order valence-corrected chi connectivity index (χ4v) is 3.52. The zero-order valence-corrected chi connectivity index (χ0v) is 22.2. The number of ether oxygens (including phenoxy) is 2. The highest BCUT2D eigenvalue weighted by atomic mass is 16.5. The van der Waals surface area contributed by atoms with Crippen LogP contribution in [0.25, 0.3) is 0 Å². The molecule has 0 heterocycles. The molecule has 0 bridgehead atoms. The second kappa shape index (κ2) is 19.4. The maximum absolute atomic E-state index is 12.5. The van der Waals surface area contributed by atoms with Crippen molar-refractivity contribution in [2.45, 2.75) is 111 Å². The highest BCUT2D eigenvalue weighted by Gasteiger charge is 2.23. The van der Waals surface area contributed by atoms with E-state index in [2.05, 4.69) is 24.5 Å². The largest absolute Gasteiger partial charge is 0.465 e. The summed E-state index contributed by atoms with van der Waals surface area (Å²) in [7, 11) is 1.77. The van der Waals surface area contributed by atoms with Crippen LogP contribution in [0.15, 0.2) is 0 Å². The van der Waals surface area contributed by atoms with Crippen LogP contribution in [0, 0.1) is 11.8 Å². The number of carbonyl (C=O) groups excluding carboxylic acids is 4. The minimum atomic E-state index is -0.648. The third-order valence-electron chi connectivity index (χ3n) is 5.38. The summed E-state index contributed by atoms with van der Waals surface area (Å²) >= 11 is 0. The molecule has 34 heavy (non-hydrogen) atoms. The van der Waals surface area contributed by atoms with Gasteiger partial charge in [0.1, 0.15) is 17.9 Å². The molecular weight excluding hydrogens is 436 g/mol. The van der Waals surface area contributed by atoms with E-state index in [1.807, 2.05) is 13.8 Å². The van der Waals surface area contributed by atoms with Crippen molar-refractivity contribution in [2.75, 3.05) is 20.3 Å². The Morgan fingerprint density at radius 3 is 1.62 bits per heavy atom. The summed E-state index contributed by atoms with van der Waals surface area (Å²) in [6.07, 6.45) is 6.58. The first kappa shape index (κ1) is 32.0. The fraction of sp³-hybridized carbons (Fsp3) is 0.846. The first-order valence-electron chi connectivity index (χ1n) is 12.9. The van der Waals surface area contributed by atoms with Crippen LogP contribution in [0.2, 0.25) is 0 Å². The lowest BCUT2D eigenvalue weighted by Gasteiger charge is -2.19. The number of carbonyl (C=O) groups is 4. The average Bonchev–Trinajstić information content (AvgIpc) is 2.75. The van der Waals surface area contributed by atoms with Crippen LogP contribution in [0.3, 0.4) is 0 Å². The zero-order chi connectivity index (χ0) is 25.9. The molecule has 0 aromatic heterocycles. The van der Waals surface area contributed by atoms with Gasteiger partial charge in [0.15, 0.2) is 0 Å². The summed E-state index contributed by atoms with van der Waals surface area (Å²) in [6.45, 7) is 10.4. The fourth-order valence-electron chi connectivity index (χ4n) is 3.52. The zero-order valence-electron chi connectivity index (χ0n) is 22.2.